The molecule has 0 aromatic heterocycles. The first-order valence-corrected chi connectivity index (χ1v) is 14.9. The van der Waals surface area contributed by atoms with E-state index < -0.39 is 18.3 Å². The smallest absolute Gasteiger partial charge is 0.161 e. The highest BCUT2D eigenvalue weighted by molar-refractivity contribution is 5.42. The maximum atomic E-state index is 11.1. The molecule has 1 aromatic rings. The Balaban J connectivity index is 1.54. The van der Waals surface area contributed by atoms with Gasteiger partial charge in [0, 0.05) is 37.4 Å². The minimum atomic E-state index is -0.704. The summed E-state index contributed by atoms with van der Waals surface area (Å²) in [5, 5.41) is 48.6. The zero-order valence-corrected chi connectivity index (χ0v) is 24.1. The summed E-state index contributed by atoms with van der Waals surface area (Å²) in [6.45, 7) is 5.61. The van der Waals surface area contributed by atoms with E-state index in [0.29, 0.717) is 50.4 Å². The number of rotatable bonds is 13. The molecule has 0 spiro atoms. The van der Waals surface area contributed by atoms with E-state index in [4.69, 9.17) is 10.5 Å². The van der Waals surface area contributed by atoms with Crippen molar-refractivity contribution in [2.24, 2.45) is 17.6 Å². The molecular formula is C32H49N3O5. The number of dihydropyridines is 1. The fourth-order valence-corrected chi connectivity index (χ4v) is 5.35. The minimum absolute atomic E-state index is 0.0942. The standard InChI is InChI=1S/C32H49N3O5/c1-3-23-6-4-8-27(29(38)14-11-26(18-23)35-21-22(2)36)28(37)12-9-25-10-13-30(39)31(19-25)40-17-5-7-24-15-16-34-32(33)20-24/h10,13,15,19-20,22-23,26-29,34-39H,3,5,7-9,11-12,14,16-18,21,33H2,1-2H3/t22-,23+,26+,27+,28+,29-/m0/s1. The Morgan fingerprint density at radius 1 is 1.23 bits per heavy atom. The van der Waals surface area contributed by atoms with E-state index in [0.717, 1.165) is 44.2 Å². The van der Waals surface area contributed by atoms with Crippen molar-refractivity contribution in [3.8, 4) is 23.3 Å². The van der Waals surface area contributed by atoms with Crippen molar-refractivity contribution < 1.29 is 25.2 Å². The van der Waals surface area contributed by atoms with Crippen LogP contribution in [0.1, 0.15) is 70.8 Å². The van der Waals surface area contributed by atoms with Gasteiger partial charge in [-0.1, -0.05) is 25.0 Å². The van der Waals surface area contributed by atoms with Crippen LogP contribution in [0.4, 0.5) is 0 Å². The van der Waals surface area contributed by atoms with Gasteiger partial charge in [-0.25, -0.2) is 0 Å². The number of ether oxygens (including phenoxy) is 1. The second-order valence-electron chi connectivity index (χ2n) is 11.2. The topological polar surface area (TPSA) is 140 Å². The molecule has 3 rings (SSSR count). The number of aliphatic hydroxyl groups excluding tert-OH is 3. The van der Waals surface area contributed by atoms with Crippen molar-refractivity contribution in [1.82, 2.24) is 10.6 Å². The molecule has 6 atom stereocenters. The lowest BCUT2D eigenvalue weighted by atomic mass is 9.84. The first-order valence-electron chi connectivity index (χ1n) is 14.9. The third-order valence-electron chi connectivity index (χ3n) is 7.84. The van der Waals surface area contributed by atoms with Crippen LogP contribution in [0, 0.1) is 23.7 Å². The van der Waals surface area contributed by atoms with E-state index in [9.17, 15) is 20.4 Å². The molecule has 8 heteroatoms. The highest BCUT2D eigenvalue weighted by Crippen LogP contribution is 2.29. The summed E-state index contributed by atoms with van der Waals surface area (Å²) in [5.74, 6) is 7.74. The molecular weight excluding hydrogens is 506 g/mol. The number of hydrogen-bond donors (Lipinski definition) is 7. The predicted octanol–water partition coefficient (Wildman–Crippen LogP) is 3.09. The lowest BCUT2D eigenvalue weighted by molar-refractivity contribution is 0.00428. The molecule has 2 aliphatic rings. The van der Waals surface area contributed by atoms with E-state index in [1.807, 2.05) is 18.2 Å². The Hall–Kier alpha value is -2.70. The maximum absolute atomic E-state index is 11.1. The molecule has 222 valence electrons. The molecule has 1 aliphatic carbocycles. The van der Waals surface area contributed by atoms with Crippen LogP contribution < -0.4 is 21.1 Å². The highest BCUT2D eigenvalue weighted by Gasteiger charge is 2.28. The van der Waals surface area contributed by atoms with Gasteiger partial charge in [0.05, 0.1) is 30.7 Å². The van der Waals surface area contributed by atoms with Gasteiger partial charge in [0.2, 0.25) is 0 Å². The van der Waals surface area contributed by atoms with Crippen molar-refractivity contribution in [3.63, 3.8) is 0 Å². The van der Waals surface area contributed by atoms with Gasteiger partial charge in [0.15, 0.2) is 11.5 Å². The van der Waals surface area contributed by atoms with Gasteiger partial charge >= 0.3 is 0 Å². The van der Waals surface area contributed by atoms with Gasteiger partial charge in [-0.05, 0) is 87.6 Å². The van der Waals surface area contributed by atoms with Crippen LogP contribution in [0.15, 0.2) is 41.7 Å². The molecule has 1 aromatic carbocycles. The highest BCUT2D eigenvalue weighted by atomic mass is 16.5. The van der Waals surface area contributed by atoms with Crippen LogP contribution in [-0.4, -0.2) is 64.5 Å². The molecule has 8 nitrogen and oxygen atoms in total. The molecule has 0 bridgehead atoms. The summed E-state index contributed by atoms with van der Waals surface area (Å²) in [7, 11) is 0. The second kappa shape index (κ2) is 16.5. The quantitative estimate of drug-likeness (QED) is 0.146. The number of allylic oxidation sites excluding steroid dienone is 2. The molecule has 1 aliphatic heterocycles. The molecule has 0 amide bonds. The Morgan fingerprint density at radius 2 is 2.05 bits per heavy atom. The molecule has 0 unspecified atom stereocenters. The van der Waals surface area contributed by atoms with E-state index in [1.165, 1.54) is 5.57 Å². The predicted molar refractivity (Wildman–Crippen MR) is 159 cm³/mol. The largest absolute Gasteiger partial charge is 0.504 e. The summed E-state index contributed by atoms with van der Waals surface area (Å²) in [6, 6.07) is 5.47. The number of nitrogens with one attached hydrogen (secondary N) is 2. The number of aliphatic hydroxyl groups is 3. The number of aromatic hydroxyl groups is 1. The van der Waals surface area contributed by atoms with Crippen LogP contribution in [-0.2, 0) is 6.42 Å². The zero-order chi connectivity index (χ0) is 28.9. The second-order valence-corrected chi connectivity index (χ2v) is 11.2. The molecule has 0 saturated carbocycles. The molecule has 1 heterocycles. The number of aryl methyl sites for hydroxylation is 1. The van der Waals surface area contributed by atoms with Gasteiger partial charge in [-0.15, -0.1) is 5.92 Å². The number of phenols is 1. The number of benzene rings is 1. The third kappa shape index (κ3) is 10.7. The van der Waals surface area contributed by atoms with Crippen LogP contribution >= 0.6 is 0 Å². The monoisotopic (exact) mass is 555 g/mol. The first kappa shape index (κ1) is 31.8. The van der Waals surface area contributed by atoms with E-state index in [-0.39, 0.29) is 23.6 Å². The van der Waals surface area contributed by atoms with Crippen molar-refractivity contribution >= 4 is 0 Å². The van der Waals surface area contributed by atoms with E-state index >= 15 is 0 Å². The van der Waals surface area contributed by atoms with Gasteiger partial charge in [0.25, 0.3) is 0 Å². The fraction of sp³-hybridized carbons (Fsp3) is 0.625. The number of nitrogens with two attached hydrogens (primary N) is 1. The van der Waals surface area contributed by atoms with Crippen molar-refractivity contribution in [2.45, 2.75) is 96.0 Å². The Bertz CT molecular complexity index is 1040. The van der Waals surface area contributed by atoms with Gasteiger partial charge in [-0.3, -0.25) is 0 Å². The SMILES string of the molecule is CC[C@@H]1C#CC[C@H]([C@H](O)CCc2ccc(O)c(OCCCC3=CCNC(N)=C3)c2)[C@@H](O)CC[C@@H](NC[C@H](C)O)C1. The Morgan fingerprint density at radius 3 is 2.80 bits per heavy atom. The van der Waals surface area contributed by atoms with E-state index in [1.54, 1.807) is 13.0 Å². The first-order chi connectivity index (χ1) is 19.2. The summed E-state index contributed by atoms with van der Waals surface area (Å²) in [5.41, 5.74) is 7.96. The maximum Gasteiger partial charge on any atom is 0.161 e. The van der Waals surface area contributed by atoms with Gasteiger partial charge in [0.1, 0.15) is 0 Å². The molecule has 40 heavy (non-hydrogen) atoms. The Labute approximate surface area is 239 Å². The zero-order valence-electron chi connectivity index (χ0n) is 24.1. The van der Waals surface area contributed by atoms with E-state index in [2.05, 4.69) is 35.5 Å². The number of phenolic OH excluding ortho intramolecular Hbond substituents is 1. The normalized spacial score (nSPS) is 24.9. The van der Waals surface area contributed by atoms with Crippen LogP contribution in [0.25, 0.3) is 0 Å². The fourth-order valence-electron chi connectivity index (χ4n) is 5.35. The van der Waals surface area contributed by atoms with Crippen molar-refractivity contribution in [2.75, 3.05) is 19.7 Å². The lowest BCUT2D eigenvalue weighted by Gasteiger charge is -2.30. The molecule has 0 saturated heterocycles. The molecule has 0 fully saturated rings. The van der Waals surface area contributed by atoms with Crippen molar-refractivity contribution in [1.29, 1.82) is 0 Å². The summed E-state index contributed by atoms with van der Waals surface area (Å²) < 4.78 is 5.87. The van der Waals surface area contributed by atoms with Crippen molar-refractivity contribution in [3.05, 3.63) is 47.3 Å². The van der Waals surface area contributed by atoms with Crippen LogP contribution in [0.5, 0.6) is 11.5 Å². The summed E-state index contributed by atoms with van der Waals surface area (Å²) in [6.07, 6.45) is 8.61. The Kier molecular flexibility index (Phi) is 13.2. The molecule has 0 radical (unpaired) electrons. The lowest BCUT2D eigenvalue weighted by Crippen LogP contribution is -2.38. The van der Waals surface area contributed by atoms with Gasteiger partial charge < -0.3 is 41.5 Å². The average molecular weight is 556 g/mol. The van der Waals surface area contributed by atoms with Gasteiger partial charge in [-0.2, -0.15) is 0 Å². The average Bonchev–Trinajstić information content (AvgIpc) is 2.93. The van der Waals surface area contributed by atoms with Crippen LogP contribution in [0.3, 0.4) is 0 Å². The summed E-state index contributed by atoms with van der Waals surface area (Å²) >= 11 is 0. The number of hydrogen-bond acceptors (Lipinski definition) is 8. The molecule has 8 N–H and O–H groups in total. The third-order valence-corrected chi connectivity index (χ3v) is 7.84. The van der Waals surface area contributed by atoms with Crippen LogP contribution in [0.2, 0.25) is 0 Å². The summed E-state index contributed by atoms with van der Waals surface area (Å²) in [4.78, 5) is 0. The minimum Gasteiger partial charge on any atom is -0.504 e.